The van der Waals surface area contributed by atoms with Gasteiger partial charge in [0.15, 0.2) is 5.71 Å². The van der Waals surface area contributed by atoms with E-state index in [2.05, 4.69) is 113 Å². The number of para-hydroxylation sites is 2. The van der Waals surface area contributed by atoms with Crippen LogP contribution in [0.2, 0.25) is 0 Å². The summed E-state index contributed by atoms with van der Waals surface area (Å²) in [5.74, 6) is -1.77. The lowest BCUT2D eigenvalue weighted by Crippen LogP contribution is -2.36. The van der Waals surface area contributed by atoms with Crippen LogP contribution in [-0.4, -0.2) is 46.5 Å². The van der Waals surface area contributed by atoms with Gasteiger partial charge in [0, 0.05) is 52.9 Å². The first-order valence-corrected chi connectivity index (χ1v) is 21.1. The minimum atomic E-state index is -0.885. The summed E-state index contributed by atoms with van der Waals surface area (Å²) in [4.78, 5) is 29.0. The molecule has 58 heavy (non-hydrogen) atoms. The molecule has 2 saturated carbocycles. The summed E-state index contributed by atoms with van der Waals surface area (Å²) in [7, 11) is 4.28. The maximum atomic E-state index is 12.2. The number of fused-ring (bicyclic) bond motifs is 4. The molecular weight excluding hydrogens is 719 g/mol. The highest BCUT2D eigenvalue weighted by molar-refractivity contribution is 6.05. The van der Waals surface area contributed by atoms with Crippen molar-refractivity contribution in [2.45, 2.75) is 87.9 Å². The van der Waals surface area contributed by atoms with Crippen LogP contribution in [0.5, 0.6) is 0 Å². The summed E-state index contributed by atoms with van der Waals surface area (Å²) < 4.78 is 2.30. The predicted molar refractivity (Wildman–Crippen MR) is 232 cm³/mol. The highest BCUT2D eigenvalue weighted by atomic mass is 16.4. The van der Waals surface area contributed by atoms with E-state index in [1.165, 1.54) is 41.1 Å². The molecule has 5 aliphatic rings. The molecule has 4 aromatic carbocycles. The molecule has 2 heterocycles. The van der Waals surface area contributed by atoms with Gasteiger partial charge in [-0.3, -0.25) is 0 Å². The number of nitrogens with zero attached hydrogens (tertiary/aromatic N) is 3. The molecular formula is C51H52N3O4+. The third-order valence-electron chi connectivity index (χ3n) is 13.8. The lowest BCUT2D eigenvalue weighted by molar-refractivity contribution is -0.401. The zero-order valence-corrected chi connectivity index (χ0v) is 33.6. The maximum absolute atomic E-state index is 12.2. The average Bonchev–Trinajstić information content (AvgIpc) is 3.82. The van der Waals surface area contributed by atoms with Gasteiger partial charge in [-0.25, -0.2) is 9.59 Å². The molecule has 7 nitrogen and oxygen atoms in total. The highest BCUT2D eigenvalue weighted by Crippen LogP contribution is 2.55. The minimum absolute atomic E-state index is 0.220. The van der Waals surface area contributed by atoms with E-state index in [-0.39, 0.29) is 10.8 Å². The Hall–Kier alpha value is -5.95. The van der Waals surface area contributed by atoms with E-state index in [4.69, 9.17) is 0 Å². The van der Waals surface area contributed by atoms with Crippen LogP contribution in [0.25, 0.3) is 0 Å². The summed E-state index contributed by atoms with van der Waals surface area (Å²) in [5, 5.41) is 19.9. The van der Waals surface area contributed by atoms with E-state index < -0.39 is 11.9 Å². The van der Waals surface area contributed by atoms with E-state index in [1.807, 2.05) is 24.3 Å². The zero-order chi connectivity index (χ0) is 40.0. The number of likely N-dealkylation sites (N-methyl/N-ethyl adjacent to an activating group) is 1. The van der Waals surface area contributed by atoms with Crippen molar-refractivity contribution in [2.24, 2.45) is 0 Å². The van der Waals surface area contributed by atoms with Gasteiger partial charge in [-0.05, 0) is 116 Å². The molecule has 294 valence electrons. The molecule has 0 unspecified atom stereocenters. The second-order valence-corrected chi connectivity index (χ2v) is 16.8. The standard InChI is InChI=1S/C51H51N3O4/c1-52-43-25-21-37(48(55)56)33-41(43)50(29-11-5-12-30-50)45(52)27-23-35-19-20-36(47(35)54(39-15-7-3-8-16-39)40-17-9-4-10-18-40)24-28-46-51(31-13-6-14-32-51)42-34-38(49(57)58)22-26-44(42)53(46)2/h3-4,7-10,15-18,21-28,33-34H,5-6,11-14,19-20,29-32H2,1-2H3,(H-,55,56,57,58)/p+1. The van der Waals surface area contributed by atoms with Crippen LogP contribution in [-0.2, 0) is 10.8 Å². The van der Waals surface area contributed by atoms with Gasteiger partial charge in [0.25, 0.3) is 0 Å². The Labute approximate surface area is 341 Å². The number of anilines is 3. The fourth-order valence-corrected chi connectivity index (χ4v) is 11.0. The Morgan fingerprint density at radius 3 is 1.84 bits per heavy atom. The Morgan fingerprint density at radius 1 is 0.672 bits per heavy atom. The molecule has 9 rings (SSSR count). The quantitative estimate of drug-likeness (QED) is 0.174. The SMILES string of the molecule is CN1/C(=C/C=C2\CCC(/C=C/C3=[N+](C)c4ccc(C(=O)O)cc4C34CCCCC4)=C2N(c2ccccc2)c2ccccc2)C2(CCCCC2)c2cc(C(=O)O)ccc21. The van der Waals surface area contributed by atoms with Crippen molar-refractivity contribution < 1.29 is 24.4 Å². The van der Waals surface area contributed by atoms with Crippen LogP contribution in [0.1, 0.15) is 109 Å². The normalized spacial score (nSPS) is 20.8. The second kappa shape index (κ2) is 15.1. The molecule has 2 fully saturated rings. The Bertz CT molecular complexity index is 2400. The highest BCUT2D eigenvalue weighted by Gasteiger charge is 2.51. The van der Waals surface area contributed by atoms with Crippen LogP contribution in [0.4, 0.5) is 22.7 Å². The smallest absolute Gasteiger partial charge is 0.335 e. The summed E-state index contributed by atoms with van der Waals surface area (Å²) in [5.41, 5.74) is 13.1. The lowest BCUT2D eigenvalue weighted by Gasteiger charge is -2.36. The van der Waals surface area contributed by atoms with E-state index >= 15 is 0 Å². The van der Waals surface area contributed by atoms with Gasteiger partial charge in [0.05, 0.1) is 22.2 Å². The molecule has 0 amide bonds. The molecule has 0 bridgehead atoms. The molecule has 0 radical (unpaired) electrons. The van der Waals surface area contributed by atoms with Gasteiger partial charge in [-0.2, -0.15) is 4.58 Å². The van der Waals surface area contributed by atoms with Crippen LogP contribution in [0, 0.1) is 0 Å². The van der Waals surface area contributed by atoms with Crippen LogP contribution >= 0.6 is 0 Å². The number of hydrogen-bond donors (Lipinski definition) is 2. The summed E-state index contributed by atoms with van der Waals surface area (Å²) in [6.07, 6.45) is 22.0. The van der Waals surface area contributed by atoms with E-state index in [0.717, 1.165) is 98.1 Å². The van der Waals surface area contributed by atoms with Crippen molar-refractivity contribution in [2.75, 3.05) is 23.9 Å². The predicted octanol–water partition coefficient (Wildman–Crippen LogP) is 11.6. The maximum Gasteiger partial charge on any atom is 0.335 e. The zero-order valence-electron chi connectivity index (χ0n) is 33.6. The summed E-state index contributed by atoms with van der Waals surface area (Å²) in [6, 6.07) is 32.6. The van der Waals surface area contributed by atoms with Crippen molar-refractivity contribution >= 4 is 40.4 Å². The van der Waals surface area contributed by atoms with Crippen LogP contribution in [0.3, 0.4) is 0 Å². The molecule has 0 atom stereocenters. The van der Waals surface area contributed by atoms with Gasteiger partial charge < -0.3 is 20.0 Å². The van der Waals surface area contributed by atoms with Crippen molar-refractivity contribution in [1.29, 1.82) is 0 Å². The minimum Gasteiger partial charge on any atom is -0.478 e. The largest absolute Gasteiger partial charge is 0.478 e. The third kappa shape index (κ3) is 6.23. The number of allylic oxidation sites excluding steroid dienone is 7. The first-order valence-electron chi connectivity index (χ1n) is 21.1. The van der Waals surface area contributed by atoms with Gasteiger partial charge in [-0.1, -0.05) is 87.1 Å². The van der Waals surface area contributed by atoms with Crippen LogP contribution < -0.4 is 9.80 Å². The van der Waals surface area contributed by atoms with Gasteiger partial charge in [0.1, 0.15) is 7.05 Å². The summed E-state index contributed by atoms with van der Waals surface area (Å²) >= 11 is 0. The van der Waals surface area contributed by atoms with Crippen LogP contribution in [0.15, 0.2) is 144 Å². The number of rotatable bonds is 8. The van der Waals surface area contributed by atoms with E-state index in [9.17, 15) is 19.8 Å². The molecule has 3 aliphatic carbocycles. The third-order valence-corrected chi connectivity index (χ3v) is 13.8. The number of carbonyl (C=O) groups is 2. The van der Waals surface area contributed by atoms with Crippen molar-refractivity contribution in [1.82, 2.24) is 0 Å². The average molecular weight is 771 g/mol. The van der Waals surface area contributed by atoms with Crippen molar-refractivity contribution in [3.8, 4) is 0 Å². The topological polar surface area (TPSA) is 84.1 Å². The molecule has 0 saturated heterocycles. The Balaban J connectivity index is 1.20. The molecule has 2 spiro atoms. The molecule has 2 N–H and O–H groups in total. The van der Waals surface area contributed by atoms with Crippen molar-refractivity contribution in [3.63, 3.8) is 0 Å². The van der Waals surface area contributed by atoms with E-state index in [0.29, 0.717) is 11.1 Å². The monoisotopic (exact) mass is 770 g/mol. The number of aromatic carboxylic acids is 2. The first kappa shape index (κ1) is 37.6. The number of carboxylic acids is 2. The van der Waals surface area contributed by atoms with Gasteiger partial charge >= 0.3 is 11.9 Å². The number of benzene rings is 4. The molecule has 7 heteroatoms. The summed E-state index contributed by atoms with van der Waals surface area (Å²) in [6.45, 7) is 0. The Kier molecular flexibility index (Phi) is 9.79. The fraction of sp³-hybridized carbons (Fsp3) is 0.314. The second-order valence-electron chi connectivity index (χ2n) is 16.8. The molecule has 0 aromatic heterocycles. The molecule has 4 aromatic rings. The van der Waals surface area contributed by atoms with Gasteiger partial charge in [-0.15, -0.1) is 0 Å². The Morgan fingerprint density at radius 2 is 1.24 bits per heavy atom. The molecule has 2 aliphatic heterocycles. The van der Waals surface area contributed by atoms with Gasteiger partial charge in [0.2, 0.25) is 5.69 Å². The fourth-order valence-electron chi connectivity index (χ4n) is 11.0. The first-order chi connectivity index (χ1) is 28.2. The number of carboxylic acid groups (broad SMARTS) is 2. The lowest BCUT2D eigenvalue weighted by atomic mass is 9.67. The van der Waals surface area contributed by atoms with E-state index in [1.54, 1.807) is 12.1 Å². The van der Waals surface area contributed by atoms with Crippen molar-refractivity contribution in [3.05, 3.63) is 166 Å². The number of hydrogen-bond acceptors (Lipinski definition) is 4.